The van der Waals surface area contributed by atoms with Crippen molar-refractivity contribution in [2.45, 2.75) is 36.5 Å². The lowest BCUT2D eigenvalue weighted by Crippen LogP contribution is -2.33. The summed E-state index contributed by atoms with van der Waals surface area (Å²) < 4.78 is 6.44. The second kappa shape index (κ2) is 7.74. The van der Waals surface area contributed by atoms with Gasteiger partial charge < -0.3 is 9.32 Å². The molecule has 140 valence electrons. The molecule has 0 aliphatic carbocycles. The number of aromatic nitrogens is 2. The number of aryl methyl sites for hydroxylation is 1. The number of rotatable bonds is 4. The Morgan fingerprint density at radius 2 is 2.15 bits per heavy atom. The van der Waals surface area contributed by atoms with Gasteiger partial charge in [-0.3, -0.25) is 4.79 Å². The molecule has 0 radical (unpaired) electrons. The standard InChI is InChI=1S/C19H19N3O3S2/c1-13-8-10-21(14-5-2-3-6-15(14)27-13)17(23)9-11-22-19(24)25-18(20-22)16-7-4-12-26-16/h2-7,12-13H,8-11H2,1H3. The molecule has 27 heavy (non-hydrogen) atoms. The quantitative estimate of drug-likeness (QED) is 0.664. The third-order valence-electron chi connectivity index (χ3n) is 4.42. The fourth-order valence-electron chi connectivity index (χ4n) is 3.03. The van der Waals surface area contributed by atoms with Crippen LogP contribution < -0.4 is 10.7 Å². The molecular formula is C19H19N3O3S2. The van der Waals surface area contributed by atoms with Gasteiger partial charge >= 0.3 is 5.76 Å². The van der Waals surface area contributed by atoms with Gasteiger partial charge in [0.1, 0.15) is 0 Å². The van der Waals surface area contributed by atoms with Gasteiger partial charge in [0, 0.05) is 23.1 Å². The summed E-state index contributed by atoms with van der Waals surface area (Å²) in [6.07, 6.45) is 1.13. The van der Waals surface area contributed by atoms with Crippen LogP contribution in [0.25, 0.3) is 10.8 Å². The highest BCUT2D eigenvalue weighted by Gasteiger charge is 2.24. The van der Waals surface area contributed by atoms with E-state index < -0.39 is 5.76 Å². The smallest absolute Gasteiger partial charge is 0.387 e. The first kappa shape index (κ1) is 18.1. The molecule has 0 saturated carbocycles. The Labute approximate surface area is 164 Å². The second-order valence-corrected chi connectivity index (χ2v) is 8.78. The lowest BCUT2D eigenvalue weighted by molar-refractivity contribution is -0.118. The van der Waals surface area contributed by atoms with E-state index in [9.17, 15) is 9.59 Å². The Kier molecular flexibility index (Phi) is 5.18. The van der Waals surface area contributed by atoms with E-state index in [-0.39, 0.29) is 18.9 Å². The number of hydrogen-bond donors (Lipinski definition) is 0. The maximum absolute atomic E-state index is 12.9. The molecule has 2 aromatic heterocycles. The maximum Gasteiger partial charge on any atom is 0.437 e. The van der Waals surface area contributed by atoms with E-state index in [0.29, 0.717) is 17.7 Å². The van der Waals surface area contributed by atoms with Crippen molar-refractivity contribution in [2.24, 2.45) is 0 Å². The molecule has 0 saturated heterocycles. The molecule has 1 unspecified atom stereocenters. The number of anilines is 1. The van der Waals surface area contributed by atoms with Gasteiger partial charge in [0.2, 0.25) is 5.91 Å². The van der Waals surface area contributed by atoms with Crippen LogP contribution in [0.5, 0.6) is 0 Å². The van der Waals surface area contributed by atoms with E-state index in [2.05, 4.69) is 18.1 Å². The van der Waals surface area contributed by atoms with Gasteiger partial charge in [-0.05, 0) is 30.0 Å². The van der Waals surface area contributed by atoms with Crippen LogP contribution in [0.4, 0.5) is 5.69 Å². The molecule has 0 N–H and O–H groups in total. The predicted molar refractivity (Wildman–Crippen MR) is 107 cm³/mol. The first-order valence-electron chi connectivity index (χ1n) is 8.79. The fraction of sp³-hybridized carbons (Fsp3) is 0.316. The van der Waals surface area contributed by atoms with Gasteiger partial charge in [0.05, 0.1) is 17.1 Å². The number of thioether (sulfide) groups is 1. The number of hydrogen-bond acceptors (Lipinski definition) is 6. The van der Waals surface area contributed by atoms with Crippen molar-refractivity contribution in [2.75, 3.05) is 11.4 Å². The molecule has 8 heteroatoms. The van der Waals surface area contributed by atoms with E-state index in [4.69, 9.17) is 4.42 Å². The molecule has 0 fully saturated rings. The normalized spacial score (nSPS) is 16.8. The molecule has 1 aliphatic rings. The second-order valence-electron chi connectivity index (χ2n) is 6.35. The summed E-state index contributed by atoms with van der Waals surface area (Å²) in [5, 5.41) is 6.57. The third-order valence-corrected chi connectivity index (χ3v) is 6.52. The van der Waals surface area contributed by atoms with E-state index >= 15 is 0 Å². The number of carbonyl (C=O) groups is 1. The van der Waals surface area contributed by atoms with Crippen molar-refractivity contribution in [3.8, 4) is 10.8 Å². The molecule has 1 atom stereocenters. The van der Waals surface area contributed by atoms with Gasteiger partial charge in [0.25, 0.3) is 5.89 Å². The minimum atomic E-state index is -0.536. The van der Waals surface area contributed by atoms with Gasteiger partial charge in [-0.2, -0.15) is 4.68 Å². The zero-order valence-corrected chi connectivity index (χ0v) is 16.5. The number of thiophene rings is 1. The average molecular weight is 402 g/mol. The van der Waals surface area contributed by atoms with E-state index in [1.54, 1.807) is 11.8 Å². The summed E-state index contributed by atoms with van der Waals surface area (Å²) in [4.78, 5) is 28.7. The third kappa shape index (κ3) is 3.86. The Morgan fingerprint density at radius 3 is 2.96 bits per heavy atom. The first-order chi connectivity index (χ1) is 13.1. The Balaban J connectivity index is 1.49. The van der Waals surface area contributed by atoms with Gasteiger partial charge in [0.15, 0.2) is 0 Å². The topological polar surface area (TPSA) is 68.3 Å². The largest absolute Gasteiger partial charge is 0.437 e. The van der Waals surface area contributed by atoms with Crippen LogP contribution in [0, 0.1) is 0 Å². The molecule has 1 amide bonds. The molecule has 3 heterocycles. The zero-order chi connectivity index (χ0) is 18.8. The van der Waals surface area contributed by atoms with Crippen molar-refractivity contribution in [3.05, 3.63) is 52.3 Å². The van der Waals surface area contributed by atoms with Crippen molar-refractivity contribution >= 4 is 34.7 Å². The number of fused-ring (bicyclic) bond motifs is 1. The van der Waals surface area contributed by atoms with E-state index in [1.807, 2.05) is 40.6 Å². The number of amides is 1. The van der Waals surface area contributed by atoms with Crippen LogP contribution in [0.3, 0.4) is 0 Å². The summed E-state index contributed by atoms with van der Waals surface area (Å²) >= 11 is 3.25. The van der Waals surface area contributed by atoms with E-state index in [1.165, 1.54) is 16.0 Å². The molecule has 6 nitrogen and oxygen atoms in total. The minimum absolute atomic E-state index is 0.00952. The van der Waals surface area contributed by atoms with Gasteiger partial charge in [-0.1, -0.05) is 25.1 Å². The highest BCUT2D eigenvalue weighted by atomic mass is 32.2. The fourth-order valence-corrected chi connectivity index (χ4v) is 4.79. The molecule has 1 aromatic carbocycles. The van der Waals surface area contributed by atoms with Crippen LogP contribution in [0.15, 0.2) is 55.9 Å². The van der Waals surface area contributed by atoms with Gasteiger partial charge in [-0.15, -0.1) is 28.2 Å². The lowest BCUT2D eigenvalue weighted by atomic mass is 10.2. The molecule has 4 rings (SSSR count). The number of para-hydroxylation sites is 1. The summed E-state index contributed by atoms with van der Waals surface area (Å²) in [5.41, 5.74) is 0.948. The molecule has 3 aromatic rings. The van der Waals surface area contributed by atoms with Crippen molar-refractivity contribution < 1.29 is 9.21 Å². The van der Waals surface area contributed by atoms with Crippen LogP contribution >= 0.6 is 23.1 Å². The summed E-state index contributed by atoms with van der Waals surface area (Å²) in [6, 6.07) is 11.7. The average Bonchev–Trinajstić information content (AvgIpc) is 3.27. The molecular weight excluding hydrogens is 382 g/mol. The number of carbonyl (C=O) groups excluding carboxylic acids is 1. The summed E-state index contributed by atoms with van der Waals surface area (Å²) in [6.45, 7) is 3.06. The summed E-state index contributed by atoms with van der Waals surface area (Å²) in [7, 11) is 0. The van der Waals surface area contributed by atoms with Gasteiger partial charge in [-0.25, -0.2) is 4.79 Å². The highest BCUT2D eigenvalue weighted by molar-refractivity contribution is 8.00. The molecule has 0 spiro atoms. The van der Waals surface area contributed by atoms with Crippen molar-refractivity contribution in [1.29, 1.82) is 0 Å². The predicted octanol–water partition coefficient (Wildman–Crippen LogP) is 3.87. The van der Waals surface area contributed by atoms with Crippen LogP contribution in [0.2, 0.25) is 0 Å². The van der Waals surface area contributed by atoms with Crippen LogP contribution in [0.1, 0.15) is 19.8 Å². The van der Waals surface area contributed by atoms with E-state index in [0.717, 1.165) is 21.9 Å². The zero-order valence-electron chi connectivity index (χ0n) is 14.8. The number of nitrogens with zero attached hydrogens (tertiary/aromatic N) is 3. The summed E-state index contributed by atoms with van der Waals surface area (Å²) in [5.74, 6) is -0.246. The van der Waals surface area contributed by atoms with Crippen LogP contribution in [-0.2, 0) is 11.3 Å². The SMILES string of the molecule is CC1CCN(C(=O)CCn2nc(-c3cccs3)oc2=O)c2ccccc2S1. The Bertz CT molecular complexity index is 994. The lowest BCUT2D eigenvalue weighted by Gasteiger charge is -2.22. The first-order valence-corrected chi connectivity index (χ1v) is 10.6. The molecule has 1 aliphatic heterocycles. The highest BCUT2D eigenvalue weighted by Crippen LogP contribution is 2.37. The van der Waals surface area contributed by atoms with Crippen molar-refractivity contribution in [3.63, 3.8) is 0 Å². The maximum atomic E-state index is 12.9. The van der Waals surface area contributed by atoms with Crippen molar-refractivity contribution in [1.82, 2.24) is 9.78 Å². The number of benzene rings is 1. The Morgan fingerprint density at radius 1 is 1.30 bits per heavy atom. The monoisotopic (exact) mass is 401 g/mol. The Hall–Kier alpha value is -2.32. The molecule has 0 bridgehead atoms. The van der Waals surface area contributed by atoms with Crippen LogP contribution in [-0.4, -0.2) is 27.5 Å². The minimum Gasteiger partial charge on any atom is -0.387 e.